The van der Waals surface area contributed by atoms with Crippen molar-refractivity contribution in [2.24, 2.45) is 5.92 Å². The molecule has 1 atom stereocenters. The molecule has 0 heterocycles. The third-order valence-corrected chi connectivity index (χ3v) is 5.36. The molecule has 0 bridgehead atoms. The van der Waals surface area contributed by atoms with Crippen molar-refractivity contribution in [3.05, 3.63) is 71.3 Å². The quantitative estimate of drug-likeness (QED) is 0.542. The Kier molecular flexibility index (Phi) is 7.99. The van der Waals surface area contributed by atoms with Gasteiger partial charge in [0, 0.05) is 30.9 Å². The second-order valence-corrected chi connectivity index (χ2v) is 8.81. The lowest BCUT2D eigenvalue weighted by atomic mass is 9.99. The van der Waals surface area contributed by atoms with Crippen molar-refractivity contribution in [1.29, 1.82) is 0 Å². The lowest BCUT2D eigenvalue weighted by Crippen LogP contribution is -2.48. The first-order valence-corrected chi connectivity index (χ1v) is 11.2. The summed E-state index contributed by atoms with van der Waals surface area (Å²) in [6, 6.07) is 16.8. The van der Waals surface area contributed by atoms with Gasteiger partial charge in [-0.1, -0.05) is 68.4 Å². The number of hydrogen-bond acceptors (Lipinski definition) is 3. The molecule has 2 aromatic rings. The molecule has 0 aliphatic heterocycles. The summed E-state index contributed by atoms with van der Waals surface area (Å²) in [5.74, 6) is 0.0582. The van der Waals surface area contributed by atoms with E-state index in [1.54, 1.807) is 0 Å². The van der Waals surface area contributed by atoms with Crippen molar-refractivity contribution in [3.63, 3.8) is 0 Å². The topological polar surface area (TPSA) is 75.3 Å². The van der Waals surface area contributed by atoms with Crippen molar-refractivity contribution in [1.82, 2.24) is 10.6 Å². The van der Waals surface area contributed by atoms with Gasteiger partial charge >= 0.3 is 0 Å². The minimum absolute atomic E-state index is 0.0618. The highest BCUT2D eigenvalue weighted by Gasteiger charge is 2.28. The summed E-state index contributed by atoms with van der Waals surface area (Å²) in [5, 5.41) is 5.80. The van der Waals surface area contributed by atoms with Crippen LogP contribution in [0.4, 0.5) is 0 Å². The molecule has 3 rings (SSSR count). The number of nitrogens with one attached hydrogen (secondary N) is 2. The smallest absolute Gasteiger partial charge is 0.243 e. The summed E-state index contributed by atoms with van der Waals surface area (Å²) in [7, 11) is 0. The SMILES string of the molecule is CC(C)Cc1ccc(C(=O)CCC(=O)NC(Cc2ccccc2)C(=O)NC2CC2)cc1. The van der Waals surface area contributed by atoms with Gasteiger partial charge in [0.25, 0.3) is 0 Å². The number of rotatable bonds is 11. The van der Waals surface area contributed by atoms with E-state index < -0.39 is 6.04 Å². The Hall–Kier alpha value is -2.95. The fourth-order valence-corrected chi connectivity index (χ4v) is 3.52. The lowest BCUT2D eigenvalue weighted by Gasteiger charge is -2.18. The van der Waals surface area contributed by atoms with Gasteiger partial charge in [0.05, 0.1) is 0 Å². The van der Waals surface area contributed by atoms with Crippen LogP contribution < -0.4 is 10.6 Å². The van der Waals surface area contributed by atoms with Crippen LogP contribution in [-0.4, -0.2) is 29.7 Å². The van der Waals surface area contributed by atoms with Gasteiger partial charge in [0.15, 0.2) is 5.78 Å². The van der Waals surface area contributed by atoms with Gasteiger partial charge in [-0.15, -0.1) is 0 Å². The second-order valence-electron chi connectivity index (χ2n) is 8.81. The van der Waals surface area contributed by atoms with Crippen LogP contribution in [-0.2, 0) is 22.4 Å². The van der Waals surface area contributed by atoms with E-state index >= 15 is 0 Å². The summed E-state index contributed by atoms with van der Waals surface area (Å²) in [5.41, 5.74) is 2.80. The second kappa shape index (κ2) is 10.9. The maximum absolute atomic E-state index is 12.6. The van der Waals surface area contributed by atoms with Gasteiger partial charge < -0.3 is 10.6 Å². The Balaban J connectivity index is 1.53. The van der Waals surface area contributed by atoms with E-state index in [2.05, 4.69) is 24.5 Å². The monoisotopic (exact) mass is 420 g/mol. The van der Waals surface area contributed by atoms with Crippen molar-refractivity contribution >= 4 is 17.6 Å². The Labute approximate surface area is 184 Å². The number of Topliss-reactive ketones (excluding diaryl/α,β-unsaturated/α-hetero) is 1. The number of ketones is 1. The molecule has 5 nitrogen and oxygen atoms in total. The van der Waals surface area contributed by atoms with Crippen LogP contribution in [0, 0.1) is 5.92 Å². The third kappa shape index (κ3) is 7.67. The van der Waals surface area contributed by atoms with Crippen molar-refractivity contribution in [2.75, 3.05) is 0 Å². The molecule has 1 aliphatic carbocycles. The highest BCUT2D eigenvalue weighted by atomic mass is 16.2. The number of carbonyl (C=O) groups excluding carboxylic acids is 3. The number of amides is 2. The van der Waals surface area contributed by atoms with Crippen molar-refractivity contribution in [2.45, 2.75) is 64.5 Å². The van der Waals surface area contributed by atoms with Crippen LogP contribution in [0.5, 0.6) is 0 Å². The predicted octanol–water partition coefficient (Wildman–Crippen LogP) is 3.85. The van der Waals surface area contributed by atoms with Gasteiger partial charge in [-0.2, -0.15) is 0 Å². The number of hydrogen-bond donors (Lipinski definition) is 2. The maximum Gasteiger partial charge on any atom is 0.243 e. The minimum Gasteiger partial charge on any atom is -0.352 e. The first-order valence-electron chi connectivity index (χ1n) is 11.2. The van der Waals surface area contributed by atoms with Crippen LogP contribution in [0.15, 0.2) is 54.6 Å². The number of carbonyl (C=O) groups is 3. The van der Waals surface area contributed by atoms with Crippen LogP contribution in [0.1, 0.15) is 61.0 Å². The molecule has 1 saturated carbocycles. The van der Waals surface area contributed by atoms with E-state index in [-0.39, 0.29) is 36.5 Å². The summed E-state index contributed by atoms with van der Waals surface area (Å²) in [6.07, 6.45) is 3.57. The van der Waals surface area contributed by atoms with Crippen molar-refractivity contribution in [3.8, 4) is 0 Å². The molecule has 0 radical (unpaired) electrons. The Morgan fingerprint density at radius 1 is 0.871 bits per heavy atom. The van der Waals surface area contributed by atoms with E-state index in [1.165, 1.54) is 5.56 Å². The molecule has 0 spiro atoms. The Bertz CT molecular complexity index is 887. The van der Waals surface area contributed by atoms with E-state index in [0.29, 0.717) is 17.9 Å². The van der Waals surface area contributed by atoms with Crippen molar-refractivity contribution < 1.29 is 14.4 Å². The van der Waals surface area contributed by atoms with Gasteiger partial charge in [0.2, 0.25) is 11.8 Å². The standard InChI is InChI=1S/C26H32N2O3/c1-18(2)16-20-8-10-21(11-9-20)24(29)14-15-25(30)28-23(26(31)27-22-12-13-22)17-19-6-4-3-5-7-19/h3-11,18,22-23H,12-17H2,1-2H3,(H,27,31)(H,28,30). The molecular formula is C26H32N2O3. The summed E-state index contributed by atoms with van der Waals surface area (Å²) in [6.45, 7) is 4.32. The molecule has 1 aliphatic rings. The molecule has 5 heteroatoms. The molecule has 31 heavy (non-hydrogen) atoms. The third-order valence-electron chi connectivity index (χ3n) is 5.36. The highest BCUT2D eigenvalue weighted by molar-refractivity contribution is 5.98. The average molecular weight is 421 g/mol. The molecule has 1 unspecified atom stereocenters. The van der Waals surface area contributed by atoms with Crippen LogP contribution in [0.2, 0.25) is 0 Å². The molecule has 164 valence electrons. The van der Waals surface area contributed by atoms with E-state index in [1.807, 2.05) is 54.6 Å². The van der Waals surface area contributed by atoms with E-state index in [4.69, 9.17) is 0 Å². The predicted molar refractivity (Wildman–Crippen MR) is 122 cm³/mol. The molecule has 2 N–H and O–H groups in total. The van der Waals surface area contributed by atoms with Gasteiger partial charge in [-0.25, -0.2) is 0 Å². The first-order chi connectivity index (χ1) is 14.9. The molecule has 2 aromatic carbocycles. The fraction of sp³-hybridized carbons (Fsp3) is 0.423. The summed E-state index contributed by atoms with van der Waals surface area (Å²) < 4.78 is 0. The minimum atomic E-state index is -0.638. The number of benzene rings is 2. The zero-order chi connectivity index (χ0) is 22.2. The molecular weight excluding hydrogens is 388 g/mol. The van der Waals surface area contributed by atoms with E-state index in [9.17, 15) is 14.4 Å². The summed E-state index contributed by atoms with van der Waals surface area (Å²) in [4.78, 5) is 37.6. The lowest BCUT2D eigenvalue weighted by molar-refractivity contribution is -0.129. The molecule has 2 amide bonds. The van der Waals surface area contributed by atoms with Gasteiger partial charge in [0.1, 0.15) is 6.04 Å². The zero-order valence-corrected chi connectivity index (χ0v) is 18.4. The zero-order valence-electron chi connectivity index (χ0n) is 18.4. The molecule has 0 aromatic heterocycles. The average Bonchev–Trinajstić information content (AvgIpc) is 3.56. The highest BCUT2D eigenvalue weighted by Crippen LogP contribution is 2.19. The largest absolute Gasteiger partial charge is 0.352 e. The van der Waals surface area contributed by atoms with Gasteiger partial charge in [-0.05, 0) is 36.3 Å². The van der Waals surface area contributed by atoms with Gasteiger partial charge in [-0.3, -0.25) is 14.4 Å². The fourth-order valence-electron chi connectivity index (χ4n) is 3.52. The molecule has 0 saturated heterocycles. The Morgan fingerprint density at radius 3 is 2.13 bits per heavy atom. The van der Waals surface area contributed by atoms with Crippen LogP contribution in [0.3, 0.4) is 0 Å². The van der Waals surface area contributed by atoms with Crippen LogP contribution >= 0.6 is 0 Å². The first kappa shape index (κ1) is 22.7. The summed E-state index contributed by atoms with van der Waals surface area (Å²) >= 11 is 0. The Morgan fingerprint density at radius 2 is 1.52 bits per heavy atom. The van der Waals surface area contributed by atoms with E-state index in [0.717, 1.165) is 24.8 Å². The molecule has 1 fully saturated rings. The normalized spacial score (nSPS) is 14.2. The maximum atomic E-state index is 12.6. The van der Waals surface area contributed by atoms with Crippen LogP contribution in [0.25, 0.3) is 0 Å².